The average molecular weight is 464 g/mol. The number of ether oxygens (including phenoxy) is 1. The molecule has 1 N–H and O–H groups in total. The maximum absolute atomic E-state index is 13.1. The van der Waals surface area contributed by atoms with Crippen molar-refractivity contribution >= 4 is 43.7 Å². The predicted octanol–water partition coefficient (Wildman–Crippen LogP) is 3.92. The van der Waals surface area contributed by atoms with Gasteiger partial charge in [-0.3, -0.25) is 10.1 Å². The molecule has 10 heteroatoms. The molecule has 2 aromatic heterocycles. The Morgan fingerprint density at radius 3 is 2.63 bits per heavy atom. The van der Waals surface area contributed by atoms with Crippen molar-refractivity contribution in [3.8, 4) is 10.6 Å². The molecule has 4 rings (SSSR count). The number of hydrogen-bond acceptors (Lipinski definition) is 7. The highest BCUT2D eigenvalue weighted by Crippen LogP contribution is 2.28. The highest BCUT2D eigenvalue weighted by atomic mass is 32.2. The van der Waals surface area contributed by atoms with E-state index in [9.17, 15) is 13.2 Å². The van der Waals surface area contributed by atoms with Gasteiger partial charge in [-0.05, 0) is 43.5 Å². The second-order valence-corrected chi connectivity index (χ2v) is 10.8. The van der Waals surface area contributed by atoms with Gasteiger partial charge in [0.1, 0.15) is 0 Å². The fourth-order valence-corrected chi connectivity index (χ4v) is 6.42. The van der Waals surface area contributed by atoms with Crippen LogP contribution in [0.4, 0.5) is 5.13 Å². The van der Waals surface area contributed by atoms with Crippen LogP contribution in [0.25, 0.3) is 10.6 Å². The first-order valence-electron chi connectivity index (χ1n) is 9.39. The zero-order valence-corrected chi connectivity index (χ0v) is 18.9. The van der Waals surface area contributed by atoms with E-state index in [0.717, 1.165) is 10.6 Å². The fourth-order valence-electron chi connectivity index (χ4n) is 3.31. The molecule has 2 atom stereocenters. The first-order valence-corrected chi connectivity index (χ1v) is 12.6. The summed E-state index contributed by atoms with van der Waals surface area (Å²) < 4.78 is 33.2. The van der Waals surface area contributed by atoms with Gasteiger partial charge in [-0.2, -0.15) is 4.31 Å². The SMILES string of the molecule is C[C@H]1CN(S(=O)(=O)c2cccc(C(=O)Nc3nc(-c4cccs4)cs3)c2)C[C@H](C)O1. The van der Waals surface area contributed by atoms with Crippen molar-refractivity contribution in [3.05, 3.63) is 52.7 Å². The molecule has 0 unspecified atom stereocenters. The van der Waals surface area contributed by atoms with Crippen LogP contribution < -0.4 is 5.32 Å². The molecule has 7 nitrogen and oxygen atoms in total. The number of carbonyl (C=O) groups is 1. The van der Waals surface area contributed by atoms with Gasteiger partial charge >= 0.3 is 0 Å². The van der Waals surface area contributed by atoms with Crippen molar-refractivity contribution < 1.29 is 17.9 Å². The van der Waals surface area contributed by atoms with Crippen LogP contribution in [0.1, 0.15) is 24.2 Å². The summed E-state index contributed by atoms with van der Waals surface area (Å²) in [6.45, 7) is 4.27. The highest BCUT2D eigenvalue weighted by molar-refractivity contribution is 7.89. The van der Waals surface area contributed by atoms with Crippen LogP contribution in [0.2, 0.25) is 0 Å². The molecule has 1 aliphatic rings. The highest BCUT2D eigenvalue weighted by Gasteiger charge is 2.32. The summed E-state index contributed by atoms with van der Waals surface area (Å²) >= 11 is 2.90. The van der Waals surface area contributed by atoms with Gasteiger partial charge in [-0.25, -0.2) is 13.4 Å². The number of morpholine rings is 1. The Morgan fingerprint density at radius 1 is 1.17 bits per heavy atom. The Labute approximate surface area is 183 Å². The van der Waals surface area contributed by atoms with E-state index in [1.54, 1.807) is 23.5 Å². The number of sulfonamides is 1. The van der Waals surface area contributed by atoms with Gasteiger partial charge < -0.3 is 4.74 Å². The van der Waals surface area contributed by atoms with E-state index in [0.29, 0.717) is 5.13 Å². The largest absolute Gasteiger partial charge is 0.373 e. The van der Waals surface area contributed by atoms with Crippen LogP contribution in [0.5, 0.6) is 0 Å². The molecule has 158 valence electrons. The predicted molar refractivity (Wildman–Crippen MR) is 119 cm³/mol. The van der Waals surface area contributed by atoms with Gasteiger partial charge in [0.2, 0.25) is 10.0 Å². The molecule has 0 saturated carbocycles. The molecule has 1 aromatic carbocycles. The smallest absolute Gasteiger partial charge is 0.257 e. The summed E-state index contributed by atoms with van der Waals surface area (Å²) in [5.74, 6) is -0.400. The molecule has 3 aromatic rings. The lowest BCUT2D eigenvalue weighted by Gasteiger charge is -2.34. The number of nitrogens with zero attached hydrogens (tertiary/aromatic N) is 2. The monoisotopic (exact) mass is 463 g/mol. The van der Waals surface area contributed by atoms with Crippen LogP contribution >= 0.6 is 22.7 Å². The third kappa shape index (κ3) is 4.47. The zero-order chi connectivity index (χ0) is 21.3. The first kappa shape index (κ1) is 21.1. The molecule has 0 radical (unpaired) electrons. The van der Waals surface area contributed by atoms with E-state index in [1.165, 1.54) is 27.8 Å². The maximum atomic E-state index is 13.1. The number of hydrogen-bond donors (Lipinski definition) is 1. The van der Waals surface area contributed by atoms with Crippen molar-refractivity contribution in [2.45, 2.75) is 31.0 Å². The molecular weight excluding hydrogens is 442 g/mol. The minimum atomic E-state index is -3.72. The van der Waals surface area contributed by atoms with Gasteiger partial charge in [0, 0.05) is 24.0 Å². The minimum Gasteiger partial charge on any atom is -0.373 e. The maximum Gasteiger partial charge on any atom is 0.257 e. The van der Waals surface area contributed by atoms with Crippen LogP contribution in [0, 0.1) is 0 Å². The molecule has 0 aliphatic carbocycles. The van der Waals surface area contributed by atoms with E-state index in [4.69, 9.17) is 4.74 Å². The second-order valence-electron chi connectivity index (χ2n) is 7.08. The van der Waals surface area contributed by atoms with Gasteiger partial charge in [0.25, 0.3) is 5.91 Å². The Hall–Kier alpha value is -2.11. The van der Waals surface area contributed by atoms with Crippen molar-refractivity contribution in [3.63, 3.8) is 0 Å². The molecule has 1 aliphatic heterocycles. The van der Waals surface area contributed by atoms with Gasteiger partial charge in [0.15, 0.2) is 5.13 Å². The molecule has 1 saturated heterocycles. The van der Waals surface area contributed by atoms with Gasteiger partial charge in [0.05, 0.1) is 27.7 Å². The Kier molecular flexibility index (Phi) is 6.03. The lowest BCUT2D eigenvalue weighted by molar-refractivity contribution is -0.0440. The van der Waals surface area contributed by atoms with Crippen LogP contribution in [0.15, 0.2) is 52.1 Å². The minimum absolute atomic E-state index is 0.0925. The molecular formula is C20H21N3O4S3. The van der Waals surface area contributed by atoms with E-state index in [2.05, 4.69) is 10.3 Å². The number of aromatic nitrogens is 1. The average Bonchev–Trinajstić information content (AvgIpc) is 3.39. The van der Waals surface area contributed by atoms with Gasteiger partial charge in [-0.1, -0.05) is 12.1 Å². The lowest BCUT2D eigenvalue weighted by atomic mass is 10.2. The third-order valence-corrected chi connectivity index (χ3v) is 8.10. The van der Waals surface area contributed by atoms with E-state index in [1.807, 2.05) is 36.7 Å². The zero-order valence-electron chi connectivity index (χ0n) is 16.4. The number of thiophene rings is 1. The van der Waals surface area contributed by atoms with Gasteiger partial charge in [-0.15, -0.1) is 22.7 Å². The molecule has 1 fully saturated rings. The summed E-state index contributed by atoms with van der Waals surface area (Å²) in [4.78, 5) is 18.2. The van der Waals surface area contributed by atoms with Crippen molar-refractivity contribution in [1.29, 1.82) is 0 Å². The Balaban J connectivity index is 1.52. The number of thiazole rings is 1. The van der Waals surface area contributed by atoms with Crippen LogP contribution in [0.3, 0.4) is 0 Å². The summed E-state index contributed by atoms with van der Waals surface area (Å²) in [5, 5.41) is 7.07. The molecule has 0 spiro atoms. The van der Waals surface area contributed by atoms with E-state index < -0.39 is 15.9 Å². The molecule has 30 heavy (non-hydrogen) atoms. The Morgan fingerprint density at radius 2 is 1.93 bits per heavy atom. The summed E-state index contributed by atoms with van der Waals surface area (Å²) in [5.41, 5.74) is 1.07. The van der Waals surface area contributed by atoms with Crippen molar-refractivity contribution in [2.75, 3.05) is 18.4 Å². The number of rotatable bonds is 5. The fraction of sp³-hybridized carbons (Fsp3) is 0.300. The van der Waals surface area contributed by atoms with E-state index >= 15 is 0 Å². The summed E-state index contributed by atoms with van der Waals surface area (Å²) in [6, 6.07) is 9.99. The van der Waals surface area contributed by atoms with Crippen LogP contribution in [-0.4, -0.2) is 48.9 Å². The van der Waals surface area contributed by atoms with Crippen molar-refractivity contribution in [2.24, 2.45) is 0 Å². The summed E-state index contributed by atoms with van der Waals surface area (Å²) in [6.07, 6.45) is -0.366. The first-order chi connectivity index (χ1) is 14.3. The summed E-state index contributed by atoms with van der Waals surface area (Å²) in [7, 11) is -3.72. The number of carbonyl (C=O) groups excluding carboxylic acids is 1. The Bertz CT molecular complexity index is 1130. The van der Waals surface area contributed by atoms with E-state index in [-0.39, 0.29) is 35.8 Å². The van der Waals surface area contributed by atoms with Crippen molar-refractivity contribution in [1.82, 2.24) is 9.29 Å². The lowest BCUT2D eigenvalue weighted by Crippen LogP contribution is -2.48. The quantitative estimate of drug-likeness (QED) is 0.620. The number of benzene rings is 1. The number of anilines is 1. The van der Waals surface area contributed by atoms with Crippen LogP contribution in [-0.2, 0) is 14.8 Å². The second kappa shape index (κ2) is 8.56. The topological polar surface area (TPSA) is 88.6 Å². The number of nitrogens with one attached hydrogen (secondary N) is 1. The molecule has 3 heterocycles. The third-order valence-electron chi connectivity index (χ3n) is 4.62. The molecule has 1 amide bonds. The number of amides is 1. The standard InChI is InChI=1S/C20H21N3O4S3/c1-13-10-23(11-14(2)27-13)30(25,26)16-6-3-5-15(9-16)19(24)22-20-21-17(12-29-20)18-7-4-8-28-18/h3-9,12-14H,10-11H2,1-2H3,(H,21,22,24)/t13-,14-/m0/s1. The normalized spacial score (nSPS) is 20.2. The molecule has 0 bridgehead atoms.